The van der Waals surface area contributed by atoms with Crippen molar-refractivity contribution in [2.24, 2.45) is 5.92 Å². The zero-order valence-electron chi connectivity index (χ0n) is 11.7. The van der Waals surface area contributed by atoms with Crippen molar-refractivity contribution in [3.63, 3.8) is 0 Å². The van der Waals surface area contributed by atoms with Crippen molar-refractivity contribution in [3.8, 4) is 0 Å². The van der Waals surface area contributed by atoms with Gasteiger partial charge in [-0.2, -0.15) is 0 Å². The van der Waals surface area contributed by atoms with Gasteiger partial charge in [0.15, 0.2) is 9.84 Å². The first-order valence-electron chi connectivity index (χ1n) is 6.76. The molecule has 1 aliphatic rings. The number of nitrogens with zero attached hydrogens (tertiary/aromatic N) is 1. The molecule has 0 aliphatic carbocycles. The summed E-state index contributed by atoms with van der Waals surface area (Å²) in [5.41, 5.74) is 0. The van der Waals surface area contributed by atoms with Crippen LogP contribution in [0.25, 0.3) is 0 Å². The Kier molecular flexibility index (Phi) is 5.06. The molecule has 1 N–H and O–H groups in total. The molecule has 1 fully saturated rings. The Morgan fingerprint density at radius 3 is 2.57 bits per heavy atom. The van der Waals surface area contributed by atoms with E-state index < -0.39 is 21.8 Å². The van der Waals surface area contributed by atoms with Crippen LogP contribution in [-0.2, 0) is 14.6 Å². The number of rotatable bonds is 5. The minimum atomic E-state index is -3.39. The summed E-state index contributed by atoms with van der Waals surface area (Å²) in [6, 6.07) is 5.90. The highest BCUT2D eigenvalue weighted by Gasteiger charge is 2.36. The number of hydrogen-bond acceptors (Lipinski definition) is 4. The molecular formula is C14H18BrNO4S. The van der Waals surface area contributed by atoms with E-state index in [0.717, 1.165) is 10.9 Å². The molecule has 7 heteroatoms. The van der Waals surface area contributed by atoms with Crippen molar-refractivity contribution in [2.75, 3.05) is 18.8 Å². The summed E-state index contributed by atoms with van der Waals surface area (Å²) >= 11 is 3.27. The van der Waals surface area contributed by atoms with Crippen LogP contribution >= 0.6 is 15.9 Å². The van der Waals surface area contributed by atoms with Crippen LogP contribution in [0.3, 0.4) is 0 Å². The molecule has 1 aromatic carbocycles. The average molecular weight is 376 g/mol. The highest BCUT2D eigenvalue weighted by molar-refractivity contribution is 9.10. The molecule has 1 saturated heterocycles. The maximum atomic E-state index is 12.3. The molecule has 1 heterocycles. The summed E-state index contributed by atoms with van der Waals surface area (Å²) < 4.78 is 25.4. The molecule has 1 aromatic rings. The monoisotopic (exact) mass is 375 g/mol. The van der Waals surface area contributed by atoms with Gasteiger partial charge in [-0.3, -0.25) is 9.69 Å². The maximum absolute atomic E-state index is 12.3. The van der Waals surface area contributed by atoms with Gasteiger partial charge >= 0.3 is 5.97 Å². The third-order valence-electron chi connectivity index (χ3n) is 3.88. The summed E-state index contributed by atoms with van der Waals surface area (Å²) in [5.74, 6) is -0.885. The zero-order valence-corrected chi connectivity index (χ0v) is 14.1. The lowest BCUT2D eigenvalue weighted by molar-refractivity contribution is -0.143. The largest absolute Gasteiger partial charge is 0.480 e. The summed E-state index contributed by atoms with van der Waals surface area (Å²) in [5, 5.41) is 9.23. The topological polar surface area (TPSA) is 74.7 Å². The second-order valence-electron chi connectivity index (χ2n) is 5.36. The van der Waals surface area contributed by atoms with E-state index in [9.17, 15) is 18.3 Å². The molecule has 2 atom stereocenters. The summed E-state index contributed by atoms with van der Waals surface area (Å²) in [6.07, 6.45) is 0.787. The summed E-state index contributed by atoms with van der Waals surface area (Å²) in [6.45, 7) is 2.77. The normalized spacial score (nSPS) is 23.3. The summed E-state index contributed by atoms with van der Waals surface area (Å²) in [7, 11) is -3.39. The van der Waals surface area contributed by atoms with E-state index in [2.05, 4.69) is 15.9 Å². The first-order valence-corrected chi connectivity index (χ1v) is 9.21. The molecule has 21 heavy (non-hydrogen) atoms. The van der Waals surface area contributed by atoms with Crippen LogP contribution in [0.2, 0.25) is 0 Å². The fourth-order valence-electron chi connectivity index (χ4n) is 2.67. The molecule has 0 bridgehead atoms. The van der Waals surface area contributed by atoms with Crippen LogP contribution in [0.1, 0.15) is 13.3 Å². The van der Waals surface area contributed by atoms with Gasteiger partial charge in [-0.05, 0) is 43.1 Å². The lowest BCUT2D eigenvalue weighted by atomic mass is 10.0. The van der Waals surface area contributed by atoms with Crippen molar-refractivity contribution in [2.45, 2.75) is 24.3 Å². The first kappa shape index (κ1) is 16.5. The third kappa shape index (κ3) is 3.84. The molecule has 0 amide bonds. The fourth-order valence-corrected chi connectivity index (χ4v) is 4.20. The fraction of sp³-hybridized carbons (Fsp3) is 0.500. The predicted molar refractivity (Wildman–Crippen MR) is 83.0 cm³/mol. The molecule has 0 radical (unpaired) electrons. The molecule has 0 saturated carbocycles. The highest BCUT2D eigenvalue weighted by atomic mass is 79.9. The predicted octanol–water partition coefficient (Wildman–Crippen LogP) is 2.02. The zero-order chi connectivity index (χ0) is 15.6. The number of halogens is 1. The quantitative estimate of drug-likeness (QED) is 0.851. The van der Waals surface area contributed by atoms with Gasteiger partial charge in [0.2, 0.25) is 0 Å². The second kappa shape index (κ2) is 6.46. The second-order valence-corrected chi connectivity index (χ2v) is 8.38. The SMILES string of the molecule is CC1CCN(CCS(=O)(=O)c2ccc(Br)cc2)C1C(=O)O. The van der Waals surface area contributed by atoms with E-state index in [1.165, 1.54) is 0 Å². The molecule has 2 rings (SSSR count). The van der Waals surface area contributed by atoms with Crippen molar-refractivity contribution in [1.29, 1.82) is 0 Å². The van der Waals surface area contributed by atoms with E-state index >= 15 is 0 Å². The van der Waals surface area contributed by atoms with Crippen molar-refractivity contribution in [3.05, 3.63) is 28.7 Å². The van der Waals surface area contributed by atoms with Crippen LogP contribution in [0.4, 0.5) is 0 Å². The lowest BCUT2D eigenvalue weighted by Gasteiger charge is -2.22. The smallest absolute Gasteiger partial charge is 0.321 e. The van der Waals surface area contributed by atoms with Gasteiger partial charge in [0, 0.05) is 11.0 Å². The van der Waals surface area contributed by atoms with Crippen LogP contribution in [-0.4, -0.2) is 49.3 Å². The Morgan fingerprint density at radius 1 is 1.38 bits per heavy atom. The van der Waals surface area contributed by atoms with Crippen LogP contribution < -0.4 is 0 Å². The Labute approximate surface area is 133 Å². The minimum absolute atomic E-state index is 0.0536. The maximum Gasteiger partial charge on any atom is 0.321 e. The van der Waals surface area contributed by atoms with Gasteiger partial charge in [0.1, 0.15) is 6.04 Å². The Hall–Kier alpha value is -0.920. The van der Waals surface area contributed by atoms with E-state index in [1.807, 2.05) is 6.92 Å². The van der Waals surface area contributed by atoms with E-state index in [1.54, 1.807) is 29.2 Å². The number of carboxylic acid groups (broad SMARTS) is 1. The van der Waals surface area contributed by atoms with Crippen LogP contribution in [0.5, 0.6) is 0 Å². The number of benzene rings is 1. The molecule has 0 spiro atoms. The van der Waals surface area contributed by atoms with Gasteiger partial charge in [-0.15, -0.1) is 0 Å². The summed E-state index contributed by atoms with van der Waals surface area (Å²) in [4.78, 5) is 13.3. The molecule has 0 aromatic heterocycles. The number of sulfone groups is 1. The van der Waals surface area contributed by atoms with E-state index in [4.69, 9.17) is 0 Å². The third-order valence-corrected chi connectivity index (χ3v) is 6.12. The Bertz CT molecular complexity index is 614. The van der Waals surface area contributed by atoms with Gasteiger partial charge < -0.3 is 5.11 Å². The number of hydrogen-bond donors (Lipinski definition) is 1. The molecule has 5 nitrogen and oxygen atoms in total. The number of carbonyl (C=O) groups is 1. The highest BCUT2D eigenvalue weighted by Crippen LogP contribution is 2.24. The molecule has 116 valence electrons. The van der Waals surface area contributed by atoms with Gasteiger partial charge in [-0.1, -0.05) is 22.9 Å². The van der Waals surface area contributed by atoms with Crippen molar-refractivity contribution >= 4 is 31.7 Å². The molecule has 2 unspecified atom stereocenters. The lowest BCUT2D eigenvalue weighted by Crippen LogP contribution is -2.41. The molecular weight excluding hydrogens is 358 g/mol. The van der Waals surface area contributed by atoms with Crippen molar-refractivity contribution < 1.29 is 18.3 Å². The van der Waals surface area contributed by atoms with E-state index in [-0.39, 0.29) is 23.1 Å². The number of likely N-dealkylation sites (tertiary alicyclic amines) is 1. The van der Waals surface area contributed by atoms with Gasteiger partial charge in [-0.25, -0.2) is 8.42 Å². The number of carboxylic acids is 1. The van der Waals surface area contributed by atoms with Crippen LogP contribution in [0, 0.1) is 5.92 Å². The Balaban J connectivity index is 2.05. The number of aliphatic carboxylic acids is 1. The van der Waals surface area contributed by atoms with Gasteiger partial charge in [0.25, 0.3) is 0 Å². The van der Waals surface area contributed by atoms with Gasteiger partial charge in [0.05, 0.1) is 10.6 Å². The Morgan fingerprint density at radius 2 is 2.00 bits per heavy atom. The average Bonchev–Trinajstić information content (AvgIpc) is 2.78. The van der Waals surface area contributed by atoms with Crippen molar-refractivity contribution in [1.82, 2.24) is 4.90 Å². The standard InChI is InChI=1S/C14H18BrNO4S/c1-10-6-7-16(13(10)14(17)18)8-9-21(19,20)12-4-2-11(15)3-5-12/h2-5,10,13H,6-9H2,1H3,(H,17,18). The van der Waals surface area contributed by atoms with E-state index in [0.29, 0.717) is 6.54 Å². The first-order chi connectivity index (χ1) is 9.81. The minimum Gasteiger partial charge on any atom is -0.480 e. The molecule has 1 aliphatic heterocycles. The van der Waals surface area contributed by atoms with Crippen LogP contribution in [0.15, 0.2) is 33.6 Å².